The van der Waals surface area contributed by atoms with Crippen LogP contribution in [0.4, 0.5) is 26.3 Å². The van der Waals surface area contributed by atoms with Crippen LogP contribution in [0.25, 0.3) is 0 Å². The van der Waals surface area contributed by atoms with Crippen molar-refractivity contribution in [2.24, 2.45) is 0 Å². The highest BCUT2D eigenvalue weighted by molar-refractivity contribution is 5.10. The van der Waals surface area contributed by atoms with Crippen molar-refractivity contribution < 1.29 is 26.3 Å². The summed E-state index contributed by atoms with van der Waals surface area (Å²) >= 11 is 0. The highest BCUT2D eigenvalue weighted by Gasteiger charge is 2.76. The van der Waals surface area contributed by atoms with Crippen LogP contribution in [-0.4, -0.2) is 47.2 Å². The number of alkyl halides is 6. The van der Waals surface area contributed by atoms with E-state index in [1.54, 1.807) is 0 Å². The summed E-state index contributed by atoms with van der Waals surface area (Å²) in [6, 6.07) is 0. The van der Waals surface area contributed by atoms with Gasteiger partial charge in [-0.05, 0) is 10.4 Å². The Morgan fingerprint density at radius 1 is 0.684 bits per heavy atom. The molecule has 14 heteroatoms. The zero-order valence-electron chi connectivity index (χ0n) is 8.45. The van der Waals surface area contributed by atoms with Crippen LogP contribution in [0.5, 0.6) is 0 Å². The number of nitrogens with zero attached hydrogens (tertiary/aromatic N) is 6. The van der Waals surface area contributed by atoms with Gasteiger partial charge in [-0.25, -0.2) is 0 Å². The monoisotopic (exact) mass is 288 g/mol. The Kier molecular flexibility index (Phi) is 2.67. The third kappa shape index (κ3) is 1.70. The largest absolute Gasteiger partial charge is 0.387 e. The van der Waals surface area contributed by atoms with E-state index in [1.807, 2.05) is 0 Å². The molecule has 19 heavy (non-hydrogen) atoms. The van der Waals surface area contributed by atoms with E-state index in [4.69, 9.17) is 0 Å². The van der Waals surface area contributed by atoms with Gasteiger partial charge < -0.3 is 0 Å². The first-order valence-corrected chi connectivity index (χ1v) is 4.32. The van der Waals surface area contributed by atoms with Gasteiger partial charge in [-0.2, -0.15) is 36.8 Å². The first kappa shape index (κ1) is 13.2. The zero-order valence-corrected chi connectivity index (χ0v) is 8.45. The standard InChI is InChI=1S/C5H2F6N8/c6-3(7,1-12-16-17-13-1)5(10,11)4(8,9)2-14-18-19-15-2/h(H,12,13,16,17)(H,14,15,18,19). The van der Waals surface area contributed by atoms with E-state index in [0.717, 1.165) is 0 Å². The molecule has 0 fully saturated rings. The molecule has 0 amide bonds. The van der Waals surface area contributed by atoms with Crippen LogP contribution in [-0.2, 0) is 11.8 Å². The minimum atomic E-state index is -5.90. The summed E-state index contributed by atoms with van der Waals surface area (Å²) in [4.78, 5) is 0. The predicted octanol–water partition coefficient (Wildman–Crippen LogP) is 0.232. The number of hydrogen-bond acceptors (Lipinski definition) is 6. The third-order valence-corrected chi connectivity index (χ3v) is 2.04. The average Bonchev–Trinajstić information content (AvgIpc) is 3.02. The average molecular weight is 288 g/mol. The summed E-state index contributed by atoms with van der Waals surface area (Å²) < 4.78 is 80.1. The molecular formula is C5H2F6N8. The van der Waals surface area contributed by atoms with E-state index in [0.29, 0.717) is 0 Å². The fourth-order valence-electron chi connectivity index (χ4n) is 1.07. The van der Waals surface area contributed by atoms with Crippen molar-refractivity contribution in [3.05, 3.63) is 11.6 Å². The minimum Gasteiger partial charge on any atom is -0.192 e. The highest BCUT2D eigenvalue weighted by atomic mass is 19.3. The maximum atomic E-state index is 13.4. The van der Waals surface area contributed by atoms with E-state index >= 15 is 0 Å². The number of nitrogens with one attached hydrogen (secondary N) is 2. The Morgan fingerprint density at radius 3 is 1.32 bits per heavy atom. The van der Waals surface area contributed by atoms with Gasteiger partial charge in [0.2, 0.25) is 11.6 Å². The van der Waals surface area contributed by atoms with Crippen molar-refractivity contribution in [3.8, 4) is 0 Å². The highest BCUT2D eigenvalue weighted by Crippen LogP contribution is 2.53. The molecule has 0 spiro atoms. The molecule has 0 saturated heterocycles. The Hall–Kier alpha value is -2.28. The SMILES string of the molecule is FC(F)(c1nn[nH]n1)C(F)(F)C(F)(F)c1nn[nH]n1. The Morgan fingerprint density at radius 2 is 1.05 bits per heavy atom. The van der Waals surface area contributed by atoms with Crippen molar-refractivity contribution in [3.63, 3.8) is 0 Å². The normalized spacial score (nSPS) is 13.8. The zero-order chi connectivity index (χ0) is 14.3. The molecule has 2 N–H and O–H groups in total. The Labute approximate surface area is 98.1 Å². The molecule has 8 nitrogen and oxygen atoms in total. The topological polar surface area (TPSA) is 109 Å². The molecule has 0 aliphatic carbocycles. The molecule has 0 aliphatic rings. The molecule has 0 aromatic carbocycles. The summed E-state index contributed by atoms with van der Waals surface area (Å²) in [7, 11) is 0. The van der Waals surface area contributed by atoms with Crippen LogP contribution < -0.4 is 0 Å². The molecule has 0 radical (unpaired) electrons. The molecule has 2 heterocycles. The summed E-state index contributed by atoms with van der Waals surface area (Å²) in [6.07, 6.45) is 0. The van der Waals surface area contributed by atoms with Gasteiger partial charge in [0.05, 0.1) is 0 Å². The third-order valence-electron chi connectivity index (χ3n) is 2.04. The number of rotatable bonds is 4. The van der Waals surface area contributed by atoms with E-state index in [-0.39, 0.29) is 0 Å². The molecular weight excluding hydrogens is 286 g/mol. The molecule has 0 atom stereocenters. The molecule has 0 aliphatic heterocycles. The summed E-state index contributed by atoms with van der Waals surface area (Å²) in [6.45, 7) is 0. The minimum absolute atomic E-state index is 1.48. The molecule has 0 bridgehead atoms. The first-order chi connectivity index (χ1) is 8.71. The van der Waals surface area contributed by atoms with Crippen molar-refractivity contribution in [1.29, 1.82) is 0 Å². The fourth-order valence-corrected chi connectivity index (χ4v) is 1.07. The number of halogens is 6. The van der Waals surface area contributed by atoms with Crippen LogP contribution in [0.3, 0.4) is 0 Å². The quantitative estimate of drug-likeness (QED) is 0.779. The summed E-state index contributed by atoms with van der Waals surface area (Å²) in [5, 5.41) is 18.4. The maximum absolute atomic E-state index is 13.4. The van der Waals surface area contributed by atoms with Crippen LogP contribution in [0, 0.1) is 0 Å². The van der Waals surface area contributed by atoms with Crippen LogP contribution in [0.1, 0.15) is 11.6 Å². The Bertz CT molecular complexity index is 486. The smallest absolute Gasteiger partial charge is 0.192 e. The lowest BCUT2D eigenvalue weighted by Crippen LogP contribution is -2.51. The summed E-state index contributed by atoms with van der Waals surface area (Å²) in [5.74, 6) is -20.5. The Balaban J connectivity index is 2.47. The lowest BCUT2D eigenvalue weighted by atomic mass is 10.0. The molecule has 2 rings (SSSR count). The van der Waals surface area contributed by atoms with Gasteiger partial charge in [-0.15, -0.1) is 20.4 Å². The molecule has 2 aromatic heterocycles. The van der Waals surface area contributed by atoms with Crippen molar-refractivity contribution in [1.82, 2.24) is 41.2 Å². The van der Waals surface area contributed by atoms with Gasteiger partial charge in [-0.1, -0.05) is 0 Å². The van der Waals surface area contributed by atoms with Crippen LogP contribution >= 0.6 is 0 Å². The van der Waals surface area contributed by atoms with Crippen molar-refractivity contribution >= 4 is 0 Å². The van der Waals surface area contributed by atoms with Crippen molar-refractivity contribution in [2.75, 3.05) is 0 Å². The molecule has 104 valence electrons. The maximum Gasteiger partial charge on any atom is 0.387 e. The van der Waals surface area contributed by atoms with E-state index in [1.165, 1.54) is 10.4 Å². The second kappa shape index (κ2) is 3.86. The van der Waals surface area contributed by atoms with Gasteiger partial charge in [-0.3, -0.25) is 0 Å². The number of aromatic nitrogens is 8. The first-order valence-electron chi connectivity index (χ1n) is 4.32. The predicted molar refractivity (Wildman–Crippen MR) is 41.1 cm³/mol. The lowest BCUT2D eigenvalue weighted by molar-refractivity contribution is -0.325. The lowest BCUT2D eigenvalue weighted by Gasteiger charge is -2.28. The van der Waals surface area contributed by atoms with Gasteiger partial charge in [0.15, 0.2) is 0 Å². The van der Waals surface area contributed by atoms with Gasteiger partial charge in [0, 0.05) is 0 Å². The molecule has 2 aromatic rings. The van der Waals surface area contributed by atoms with E-state index in [9.17, 15) is 26.3 Å². The van der Waals surface area contributed by atoms with Crippen molar-refractivity contribution in [2.45, 2.75) is 17.8 Å². The van der Waals surface area contributed by atoms with Gasteiger partial charge >= 0.3 is 17.8 Å². The summed E-state index contributed by atoms with van der Waals surface area (Å²) in [5.41, 5.74) is 0. The van der Waals surface area contributed by atoms with Crippen LogP contribution in [0.15, 0.2) is 0 Å². The fraction of sp³-hybridized carbons (Fsp3) is 0.600. The number of hydrogen-bond donors (Lipinski definition) is 2. The number of H-pyrrole nitrogens is 2. The van der Waals surface area contributed by atoms with Crippen LogP contribution in [0.2, 0.25) is 0 Å². The molecule has 0 unspecified atom stereocenters. The second-order valence-corrected chi connectivity index (χ2v) is 3.19. The molecule has 0 saturated carbocycles. The van der Waals surface area contributed by atoms with E-state index < -0.39 is 29.4 Å². The van der Waals surface area contributed by atoms with E-state index in [2.05, 4.69) is 30.8 Å². The number of aromatic amines is 2. The number of tetrazole rings is 2. The second-order valence-electron chi connectivity index (χ2n) is 3.19. The van der Waals surface area contributed by atoms with Gasteiger partial charge in [0.1, 0.15) is 0 Å². The van der Waals surface area contributed by atoms with Gasteiger partial charge in [0.25, 0.3) is 0 Å².